The number of alkyl halides is 3. The van der Waals surface area contributed by atoms with Gasteiger partial charge in [-0.05, 0) is 44.1 Å². The molecule has 0 spiro atoms. The minimum absolute atomic E-state index is 0.0519. The maximum absolute atomic E-state index is 14.8. The van der Waals surface area contributed by atoms with E-state index in [0.717, 1.165) is 12.1 Å². The lowest BCUT2D eigenvalue weighted by molar-refractivity contribution is -0.184. The zero-order valence-electron chi connectivity index (χ0n) is 15.8. The molecule has 1 unspecified atom stereocenters. The van der Waals surface area contributed by atoms with Crippen LogP contribution in [0.15, 0.2) is 12.1 Å². The maximum atomic E-state index is 14.8. The fraction of sp³-hybridized carbons (Fsp3) is 0.579. The molecule has 0 aromatic heterocycles. The summed E-state index contributed by atoms with van der Waals surface area (Å²) in [5, 5.41) is 1.67. The highest BCUT2D eigenvalue weighted by Crippen LogP contribution is 2.43. The summed E-state index contributed by atoms with van der Waals surface area (Å²) in [6.45, 7) is -0.134. The maximum Gasteiger partial charge on any atom is 0.391 e. The van der Waals surface area contributed by atoms with Crippen LogP contribution in [-0.4, -0.2) is 35.6 Å². The molecule has 3 N–H and O–H groups in total. The minimum atomic E-state index is -4.26. The predicted molar refractivity (Wildman–Crippen MR) is 98.4 cm³/mol. The number of halogens is 6. The van der Waals surface area contributed by atoms with Crippen molar-refractivity contribution >= 4 is 23.5 Å². The van der Waals surface area contributed by atoms with E-state index in [9.17, 15) is 31.5 Å². The van der Waals surface area contributed by atoms with Gasteiger partial charge in [-0.2, -0.15) is 13.2 Å². The Morgan fingerprint density at radius 3 is 2.40 bits per heavy atom. The average molecular weight is 454 g/mol. The molecule has 1 saturated heterocycles. The predicted octanol–water partition coefficient (Wildman–Crippen LogP) is 4.30. The summed E-state index contributed by atoms with van der Waals surface area (Å²) in [5.74, 6) is -4.37. The van der Waals surface area contributed by atoms with Gasteiger partial charge in [0.1, 0.15) is 22.7 Å². The monoisotopic (exact) mass is 453 g/mol. The number of nitrogens with two attached hydrogens (primary N) is 1. The first-order chi connectivity index (χ1) is 14.0. The van der Waals surface area contributed by atoms with Crippen LogP contribution in [0.1, 0.15) is 43.7 Å². The van der Waals surface area contributed by atoms with Gasteiger partial charge in [0.05, 0.1) is 18.5 Å². The molecular weight excluding hydrogens is 433 g/mol. The first-order valence-electron chi connectivity index (χ1n) is 9.55. The largest absolute Gasteiger partial charge is 0.391 e. The standard InChI is InChI=1S/C19H21ClF5N3O2/c20-15-12(21)6-5-11(16(15)22)14(28-8-13(17(26)29)27-18(28)30)7-9-1-3-10(4-2-9)19(23,24)25/h5-6,9-10,13-14H,1-4,7-8H2,(H2,26,29)(H,27,30)/t9?,10?,13?,14-/m1/s1. The molecule has 166 valence electrons. The van der Waals surface area contributed by atoms with E-state index < -0.39 is 52.8 Å². The number of hydrogen-bond acceptors (Lipinski definition) is 2. The van der Waals surface area contributed by atoms with Crippen molar-refractivity contribution in [3.63, 3.8) is 0 Å². The molecule has 2 aliphatic rings. The lowest BCUT2D eigenvalue weighted by Crippen LogP contribution is -2.39. The summed E-state index contributed by atoms with van der Waals surface area (Å²) in [5.41, 5.74) is 5.19. The van der Waals surface area contributed by atoms with E-state index in [0.29, 0.717) is 0 Å². The molecule has 2 atom stereocenters. The van der Waals surface area contributed by atoms with Gasteiger partial charge < -0.3 is 16.0 Å². The van der Waals surface area contributed by atoms with E-state index in [-0.39, 0.29) is 50.1 Å². The Bertz CT molecular complexity index is 827. The molecule has 5 nitrogen and oxygen atoms in total. The van der Waals surface area contributed by atoms with Gasteiger partial charge in [-0.25, -0.2) is 13.6 Å². The normalized spacial score (nSPS) is 25.9. The number of nitrogens with zero attached hydrogens (tertiary/aromatic N) is 1. The highest BCUT2D eigenvalue weighted by atomic mass is 35.5. The molecule has 0 radical (unpaired) electrons. The summed E-state index contributed by atoms with van der Waals surface area (Å²) in [6, 6.07) is -0.450. The first kappa shape index (κ1) is 22.6. The Balaban J connectivity index is 1.85. The summed E-state index contributed by atoms with van der Waals surface area (Å²) in [6.07, 6.45) is -3.70. The molecule has 1 aliphatic carbocycles. The van der Waals surface area contributed by atoms with E-state index in [1.165, 1.54) is 4.90 Å². The molecule has 0 bridgehead atoms. The van der Waals surface area contributed by atoms with E-state index in [1.54, 1.807) is 0 Å². The number of carbonyl (C=O) groups is 2. The van der Waals surface area contributed by atoms with Crippen LogP contribution in [0.2, 0.25) is 5.02 Å². The molecule has 3 rings (SSSR count). The second-order valence-electron chi connectivity index (χ2n) is 7.83. The summed E-state index contributed by atoms with van der Waals surface area (Å²) >= 11 is 5.69. The van der Waals surface area contributed by atoms with E-state index in [2.05, 4.69) is 5.32 Å². The smallest absolute Gasteiger partial charge is 0.368 e. The van der Waals surface area contributed by atoms with Crippen LogP contribution < -0.4 is 11.1 Å². The topological polar surface area (TPSA) is 75.4 Å². The van der Waals surface area contributed by atoms with Gasteiger partial charge in [0.15, 0.2) is 0 Å². The van der Waals surface area contributed by atoms with Crippen molar-refractivity contribution in [2.75, 3.05) is 6.54 Å². The number of primary amides is 1. The Morgan fingerprint density at radius 1 is 1.23 bits per heavy atom. The molecule has 1 heterocycles. The van der Waals surface area contributed by atoms with Crippen molar-refractivity contribution in [3.8, 4) is 0 Å². The molecule has 11 heteroatoms. The van der Waals surface area contributed by atoms with Crippen LogP contribution in [0, 0.1) is 23.5 Å². The van der Waals surface area contributed by atoms with Gasteiger partial charge in [-0.3, -0.25) is 4.79 Å². The van der Waals surface area contributed by atoms with E-state index in [1.807, 2.05) is 0 Å². The average Bonchev–Trinajstić information content (AvgIpc) is 3.06. The highest BCUT2D eigenvalue weighted by Gasteiger charge is 2.43. The number of benzene rings is 1. The Kier molecular flexibility index (Phi) is 6.45. The summed E-state index contributed by atoms with van der Waals surface area (Å²) in [4.78, 5) is 25.1. The molecule has 1 saturated carbocycles. The third-order valence-corrected chi connectivity index (χ3v) is 6.29. The number of nitrogens with one attached hydrogen (secondary N) is 1. The van der Waals surface area contributed by atoms with Crippen LogP contribution in [0.5, 0.6) is 0 Å². The lowest BCUT2D eigenvalue weighted by atomic mass is 9.78. The van der Waals surface area contributed by atoms with Crippen LogP contribution in [0.3, 0.4) is 0 Å². The summed E-state index contributed by atoms with van der Waals surface area (Å²) < 4.78 is 67.2. The van der Waals surface area contributed by atoms with Crippen molar-refractivity contribution in [1.29, 1.82) is 0 Å². The van der Waals surface area contributed by atoms with Crippen molar-refractivity contribution in [1.82, 2.24) is 10.2 Å². The van der Waals surface area contributed by atoms with Crippen molar-refractivity contribution < 1.29 is 31.5 Å². The molecular formula is C19H21ClF5N3O2. The Hall–Kier alpha value is -2.10. The van der Waals surface area contributed by atoms with Gasteiger partial charge in [-0.15, -0.1) is 0 Å². The molecule has 30 heavy (non-hydrogen) atoms. The van der Waals surface area contributed by atoms with Gasteiger partial charge in [0.2, 0.25) is 5.91 Å². The van der Waals surface area contributed by atoms with Crippen LogP contribution >= 0.6 is 11.6 Å². The van der Waals surface area contributed by atoms with Crippen LogP contribution in [0.4, 0.5) is 26.7 Å². The van der Waals surface area contributed by atoms with Crippen LogP contribution in [0.25, 0.3) is 0 Å². The number of rotatable bonds is 5. The number of carbonyl (C=O) groups excluding carboxylic acids is 2. The molecule has 3 amide bonds. The highest BCUT2D eigenvalue weighted by molar-refractivity contribution is 6.31. The van der Waals surface area contributed by atoms with Crippen molar-refractivity contribution in [3.05, 3.63) is 34.4 Å². The van der Waals surface area contributed by atoms with Crippen LogP contribution in [-0.2, 0) is 4.79 Å². The zero-order valence-corrected chi connectivity index (χ0v) is 16.6. The second kappa shape index (κ2) is 8.56. The number of urea groups is 1. The molecule has 1 aromatic rings. The zero-order chi connectivity index (χ0) is 22.2. The molecule has 1 aliphatic heterocycles. The summed E-state index contributed by atoms with van der Waals surface area (Å²) in [7, 11) is 0. The minimum Gasteiger partial charge on any atom is -0.368 e. The quantitative estimate of drug-likeness (QED) is 0.515. The fourth-order valence-corrected chi connectivity index (χ4v) is 4.42. The van der Waals surface area contributed by atoms with Crippen molar-refractivity contribution in [2.45, 2.75) is 50.4 Å². The van der Waals surface area contributed by atoms with E-state index >= 15 is 0 Å². The number of amides is 3. The van der Waals surface area contributed by atoms with E-state index in [4.69, 9.17) is 17.3 Å². The van der Waals surface area contributed by atoms with Gasteiger partial charge in [-0.1, -0.05) is 17.7 Å². The Morgan fingerprint density at radius 2 is 1.87 bits per heavy atom. The SMILES string of the molecule is NC(=O)C1CN([C@H](CC2CCC(C(F)(F)F)CC2)c2ccc(F)c(Cl)c2F)C(=O)N1. The molecule has 1 aromatic carbocycles. The number of hydrogen-bond donors (Lipinski definition) is 2. The third-order valence-electron chi connectivity index (χ3n) is 5.95. The fourth-order valence-electron chi connectivity index (χ4n) is 4.25. The van der Waals surface area contributed by atoms with Gasteiger partial charge in [0.25, 0.3) is 0 Å². The second-order valence-corrected chi connectivity index (χ2v) is 8.21. The Labute approximate surface area is 174 Å². The lowest BCUT2D eigenvalue weighted by Gasteiger charge is -2.35. The van der Waals surface area contributed by atoms with Gasteiger partial charge in [0, 0.05) is 5.56 Å². The van der Waals surface area contributed by atoms with Crippen molar-refractivity contribution in [2.24, 2.45) is 17.6 Å². The third kappa shape index (κ3) is 4.63. The van der Waals surface area contributed by atoms with Gasteiger partial charge >= 0.3 is 12.2 Å². The molecule has 2 fully saturated rings. The first-order valence-corrected chi connectivity index (χ1v) is 9.93.